The average Bonchev–Trinajstić information content (AvgIpc) is 3.27. The summed E-state index contributed by atoms with van der Waals surface area (Å²) in [6, 6.07) is 11.0. The van der Waals surface area contributed by atoms with Crippen molar-refractivity contribution >= 4 is 21.4 Å². The van der Waals surface area contributed by atoms with E-state index in [1.165, 1.54) is 12.1 Å². The summed E-state index contributed by atoms with van der Waals surface area (Å²) >= 11 is 0. The highest BCUT2D eigenvalue weighted by molar-refractivity contribution is 7.89. The molecule has 0 saturated carbocycles. The molecule has 0 atom stereocenters. The van der Waals surface area contributed by atoms with Crippen molar-refractivity contribution in [3.8, 4) is 17.1 Å². The summed E-state index contributed by atoms with van der Waals surface area (Å²) in [6.07, 6.45) is 0. The van der Waals surface area contributed by atoms with Crippen LogP contribution in [-0.2, 0) is 16.6 Å². The summed E-state index contributed by atoms with van der Waals surface area (Å²) < 4.78 is 33.6. The van der Waals surface area contributed by atoms with E-state index < -0.39 is 14.9 Å². The number of aromatic nitrogens is 2. The third-order valence-electron chi connectivity index (χ3n) is 5.36. The SMILES string of the molecule is COc1ccc(-c2noc(CN3CCN(c4ccc(S(N)(=O)=O)cc4[N+](=O)[O-])CC3)n2)cc1. The number of nitrogens with two attached hydrogens (primary N) is 1. The topological polar surface area (TPSA) is 158 Å². The molecule has 0 aliphatic carbocycles. The van der Waals surface area contributed by atoms with Crippen LogP contribution in [0, 0.1) is 10.1 Å². The number of anilines is 1. The van der Waals surface area contributed by atoms with E-state index in [1.807, 2.05) is 29.2 Å². The number of sulfonamides is 1. The van der Waals surface area contributed by atoms with E-state index >= 15 is 0 Å². The van der Waals surface area contributed by atoms with Crippen LogP contribution in [0.4, 0.5) is 11.4 Å². The number of nitrogens with zero attached hydrogens (tertiary/aromatic N) is 5. The molecule has 3 aromatic rings. The predicted octanol–water partition coefficient (Wildman–Crippen LogP) is 1.62. The van der Waals surface area contributed by atoms with Gasteiger partial charge in [-0.15, -0.1) is 0 Å². The largest absolute Gasteiger partial charge is 0.497 e. The third kappa shape index (κ3) is 5.10. The Balaban J connectivity index is 1.40. The highest BCUT2D eigenvalue weighted by Crippen LogP contribution is 2.31. The monoisotopic (exact) mass is 474 g/mol. The Kier molecular flexibility index (Phi) is 6.26. The zero-order valence-corrected chi connectivity index (χ0v) is 18.6. The number of methoxy groups -OCH3 is 1. The molecule has 13 heteroatoms. The van der Waals surface area contributed by atoms with Crippen LogP contribution in [-0.4, -0.2) is 61.7 Å². The second-order valence-corrected chi connectivity index (χ2v) is 9.02. The molecule has 2 aromatic carbocycles. The van der Waals surface area contributed by atoms with Crippen molar-refractivity contribution in [1.82, 2.24) is 15.0 Å². The van der Waals surface area contributed by atoms with E-state index in [2.05, 4.69) is 15.0 Å². The molecule has 174 valence electrons. The van der Waals surface area contributed by atoms with Crippen molar-refractivity contribution in [2.45, 2.75) is 11.4 Å². The summed E-state index contributed by atoms with van der Waals surface area (Å²) in [5.41, 5.74) is 0.869. The molecule has 33 heavy (non-hydrogen) atoms. The first kappa shape index (κ1) is 22.6. The fourth-order valence-electron chi connectivity index (χ4n) is 3.61. The van der Waals surface area contributed by atoms with Crippen molar-refractivity contribution in [2.24, 2.45) is 5.14 Å². The molecule has 1 aliphatic heterocycles. The Morgan fingerprint density at radius 1 is 1.15 bits per heavy atom. The molecule has 0 radical (unpaired) electrons. The summed E-state index contributed by atoms with van der Waals surface area (Å²) in [4.78, 5) is 19.0. The lowest BCUT2D eigenvalue weighted by molar-refractivity contribution is -0.384. The van der Waals surface area contributed by atoms with E-state index in [4.69, 9.17) is 14.4 Å². The summed E-state index contributed by atoms with van der Waals surface area (Å²) in [6.45, 7) is 2.68. The molecular formula is C20H22N6O6S. The van der Waals surface area contributed by atoms with Gasteiger partial charge in [0, 0.05) is 37.8 Å². The van der Waals surface area contributed by atoms with Gasteiger partial charge in [-0.25, -0.2) is 13.6 Å². The highest BCUT2D eigenvalue weighted by atomic mass is 32.2. The van der Waals surface area contributed by atoms with Gasteiger partial charge in [-0.2, -0.15) is 4.98 Å². The third-order valence-corrected chi connectivity index (χ3v) is 6.27. The zero-order chi connectivity index (χ0) is 23.6. The van der Waals surface area contributed by atoms with Crippen LogP contribution in [0.25, 0.3) is 11.4 Å². The fourth-order valence-corrected chi connectivity index (χ4v) is 4.14. The highest BCUT2D eigenvalue weighted by Gasteiger charge is 2.26. The normalized spacial score (nSPS) is 14.9. The van der Waals surface area contributed by atoms with Gasteiger partial charge in [0.1, 0.15) is 11.4 Å². The molecule has 1 saturated heterocycles. The lowest BCUT2D eigenvalue weighted by Gasteiger charge is -2.35. The minimum atomic E-state index is -4.03. The number of piperazine rings is 1. The van der Waals surface area contributed by atoms with E-state index in [-0.39, 0.29) is 10.6 Å². The van der Waals surface area contributed by atoms with Crippen LogP contribution in [0.2, 0.25) is 0 Å². The Morgan fingerprint density at radius 3 is 2.45 bits per heavy atom. The van der Waals surface area contributed by atoms with Crippen LogP contribution in [0.1, 0.15) is 5.89 Å². The van der Waals surface area contributed by atoms with Crippen LogP contribution >= 0.6 is 0 Å². The van der Waals surface area contributed by atoms with Gasteiger partial charge in [-0.05, 0) is 36.4 Å². The van der Waals surface area contributed by atoms with Gasteiger partial charge in [0.15, 0.2) is 0 Å². The molecule has 12 nitrogen and oxygen atoms in total. The molecule has 1 aliphatic rings. The fraction of sp³-hybridized carbons (Fsp3) is 0.300. The second kappa shape index (κ2) is 9.13. The van der Waals surface area contributed by atoms with Crippen LogP contribution in [0.15, 0.2) is 51.9 Å². The van der Waals surface area contributed by atoms with Gasteiger partial charge in [-0.1, -0.05) is 5.16 Å². The van der Waals surface area contributed by atoms with Crippen molar-refractivity contribution in [2.75, 3.05) is 38.2 Å². The van der Waals surface area contributed by atoms with E-state index in [0.29, 0.717) is 50.1 Å². The quantitative estimate of drug-likeness (QED) is 0.394. The van der Waals surface area contributed by atoms with Crippen molar-refractivity contribution in [3.63, 3.8) is 0 Å². The van der Waals surface area contributed by atoms with Crippen molar-refractivity contribution in [1.29, 1.82) is 0 Å². The molecule has 2 N–H and O–H groups in total. The Morgan fingerprint density at radius 2 is 1.85 bits per heavy atom. The Labute approximate surface area is 189 Å². The zero-order valence-electron chi connectivity index (χ0n) is 17.7. The van der Waals surface area contributed by atoms with E-state index in [9.17, 15) is 18.5 Å². The summed E-state index contributed by atoms with van der Waals surface area (Å²) in [5, 5.41) is 20.6. The maximum atomic E-state index is 11.5. The van der Waals surface area contributed by atoms with Gasteiger partial charge in [0.05, 0.1) is 23.5 Å². The number of rotatable bonds is 7. The van der Waals surface area contributed by atoms with Crippen molar-refractivity contribution < 1.29 is 22.6 Å². The number of nitro benzene ring substituents is 1. The molecule has 0 spiro atoms. The predicted molar refractivity (Wildman–Crippen MR) is 118 cm³/mol. The van der Waals surface area contributed by atoms with Crippen LogP contribution in [0.5, 0.6) is 5.75 Å². The van der Waals surface area contributed by atoms with E-state index in [0.717, 1.165) is 17.4 Å². The van der Waals surface area contributed by atoms with Gasteiger partial charge in [0.25, 0.3) is 5.69 Å². The van der Waals surface area contributed by atoms with E-state index in [1.54, 1.807) is 7.11 Å². The molecule has 2 heterocycles. The average molecular weight is 474 g/mol. The minimum Gasteiger partial charge on any atom is -0.497 e. The molecule has 1 fully saturated rings. The van der Waals surface area contributed by atoms with Crippen LogP contribution in [0.3, 0.4) is 0 Å². The lowest BCUT2D eigenvalue weighted by Crippen LogP contribution is -2.46. The summed E-state index contributed by atoms with van der Waals surface area (Å²) in [5.74, 6) is 1.69. The van der Waals surface area contributed by atoms with Gasteiger partial charge >= 0.3 is 0 Å². The molecule has 4 rings (SSSR count). The number of hydrogen-bond donors (Lipinski definition) is 1. The maximum Gasteiger partial charge on any atom is 0.293 e. The second-order valence-electron chi connectivity index (χ2n) is 7.46. The number of primary sulfonamides is 1. The Hall–Kier alpha value is -3.55. The first-order chi connectivity index (χ1) is 15.7. The van der Waals surface area contributed by atoms with Gasteiger partial charge < -0.3 is 14.2 Å². The standard InChI is InChI=1S/C20H22N6O6S/c1-31-15-4-2-14(3-5-15)20-22-19(32-23-20)13-24-8-10-25(11-9-24)17-7-6-16(33(21,29)30)12-18(17)26(27)28/h2-7,12H,8-11,13H2,1H3,(H2,21,29,30). The first-order valence-electron chi connectivity index (χ1n) is 10.00. The van der Waals surface area contributed by atoms with Gasteiger partial charge in [-0.3, -0.25) is 15.0 Å². The number of ether oxygens (including phenoxy) is 1. The molecule has 0 unspecified atom stereocenters. The molecule has 0 bridgehead atoms. The molecule has 0 amide bonds. The minimum absolute atomic E-state index is 0.291. The van der Waals surface area contributed by atoms with Gasteiger partial charge in [0.2, 0.25) is 21.7 Å². The first-order valence-corrected chi connectivity index (χ1v) is 11.5. The maximum absolute atomic E-state index is 11.5. The molecule has 1 aromatic heterocycles. The number of hydrogen-bond acceptors (Lipinski definition) is 10. The van der Waals surface area contributed by atoms with Crippen molar-refractivity contribution in [3.05, 3.63) is 58.5 Å². The number of nitro groups is 1. The smallest absolute Gasteiger partial charge is 0.293 e. The summed E-state index contributed by atoms with van der Waals surface area (Å²) in [7, 11) is -2.44. The Bertz CT molecular complexity index is 1250. The number of benzene rings is 2. The lowest BCUT2D eigenvalue weighted by atomic mass is 10.2. The van der Waals surface area contributed by atoms with Crippen LogP contribution < -0.4 is 14.8 Å². The molecular weight excluding hydrogens is 452 g/mol.